The Morgan fingerprint density at radius 2 is 2.17 bits per heavy atom. The Hall–Kier alpha value is -0.500. The van der Waals surface area contributed by atoms with E-state index in [-0.39, 0.29) is 6.04 Å². The fraction of sp³-hybridized carbons (Fsp3) is 0.889. The van der Waals surface area contributed by atoms with E-state index in [2.05, 4.69) is 10.6 Å². The number of nitrogens with one attached hydrogen (secondary N) is 2. The fourth-order valence-corrected chi connectivity index (χ4v) is 2.85. The molecular weight excluding hydrogens is 263 g/mol. The van der Waals surface area contributed by atoms with E-state index in [0.29, 0.717) is 6.54 Å². The Kier molecular flexibility index (Phi) is 4.88. The summed E-state index contributed by atoms with van der Waals surface area (Å²) in [6, 6.07) is -1.38. The van der Waals surface area contributed by atoms with Crippen LogP contribution < -0.4 is 10.6 Å². The van der Waals surface area contributed by atoms with Crippen LogP contribution in [0.1, 0.15) is 19.8 Å². The van der Waals surface area contributed by atoms with Crippen molar-refractivity contribution in [3.63, 3.8) is 0 Å². The minimum Gasteiger partial charge on any atom is -0.479 e. The molecule has 1 saturated heterocycles. The van der Waals surface area contributed by atoms with Crippen LogP contribution in [0.2, 0.25) is 0 Å². The van der Waals surface area contributed by atoms with Crippen molar-refractivity contribution >= 4 is 13.6 Å². The van der Waals surface area contributed by atoms with Crippen molar-refractivity contribution in [2.75, 3.05) is 13.1 Å². The van der Waals surface area contributed by atoms with Crippen LogP contribution in [0.15, 0.2) is 0 Å². The molecule has 6 N–H and O–H groups in total. The summed E-state index contributed by atoms with van der Waals surface area (Å²) in [5.41, 5.74) is 0. The molecule has 0 aromatic rings. The second-order valence-electron chi connectivity index (χ2n) is 4.51. The lowest BCUT2D eigenvalue weighted by Crippen LogP contribution is -2.58. The summed E-state index contributed by atoms with van der Waals surface area (Å²) in [7, 11) is -5.19. The van der Waals surface area contributed by atoms with E-state index in [1.54, 1.807) is 0 Å². The molecule has 8 nitrogen and oxygen atoms in total. The van der Waals surface area contributed by atoms with E-state index in [1.807, 2.05) is 0 Å². The Balaban J connectivity index is 2.80. The topological polar surface area (TPSA) is 139 Å². The average molecular weight is 282 g/mol. The standard InChI is InChI=1S/C9H19N2O6P/c1-6(11-7-3-2-4-10-5-7)9(14,8(12)13)18(15,16)17/h6-7,10-11,14H,2-5H2,1H3,(H,12,13)(H2,15,16,17). The quantitative estimate of drug-likeness (QED) is 0.341. The SMILES string of the molecule is CC(NC1CCCNC1)C(O)(C(=O)O)P(=O)(O)O. The molecule has 1 heterocycles. The largest absolute Gasteiger partial charge is 0.479 e. The first-order chi connectivity index (χ1) is 8.19. The predicted molar refractivity (Wildman–Crippen MR) is 63.1 cm³/mol. The maximum Gasteiger partial charge on any atom is 0.370 e. The van der Waals surface area contributed by atoms with Crippen LogP contribution in [0, 0.1) is 0 Å². The zero-order chi connectivity index (χ0) is 14.0. The lowest BCUT2D eigenvalue weighted by atomic mass is 10.0. The third-order valence-electron chi connectivity index (χ3n) is 3.15. The number of rotatable bonds is 5. The first kappa shape index (κ1) is 15.6. The van der Waals surface area contributed by atoms with Gasteiger partial charge in [0, 0.05) is 12.6 Å². The Bertz CT molecular complexity index is 353. The summed E-state index contributed by atoms with van der Waals surface area (Å²) < 4.78 is 11.2. The molecule has 3 atom stereocenters. The number of carboxylic acids is 1. The van der Waals surface area contributed by atoms with Gasteiger partial charge in [-0.05, 0) is 26.3 Å². The van der Waals surface area contributed by atoms with Gasteiger partial charge in [-0.25, -0.2) is 4.79 Å². The van der Waals surface area contributed by atoms with Gasteiger partial charge in [0.15, 0.2) is 0 Å². The Labute approximate surface area is 105 Å². The molecule has 3 unspecified atom stereocenters. The van der Waals surface area contributed by atoms with Crippen LogP contribution in [0.3, 0.4) is 0 Å². The van der Waals surface area contributed by atoms with Gasteiger partial charge in [0.2, 0.25) is 0 Å². The number of carbonyl (C=O) groups is 1. The monoisotopic (exact) mass is 282 g/mol. The molecule has 1 rings (SSSR count). The van der Waals surface area contributed by atoms with Crippen molar-refractivity contribution in [3.8, 4) is 0 Å². The van der Waals surface area contributed by atoms with E-state index in [9.17, 15) is 14.5 Å². The van der Waals surface area contributed by atoms with E-state index >= 15 is 0 Å². The normalized spacial score (nSPS) is 26.3. The molecule has 0 aromatic carbocycles. The van der Waals surface area contributed by atoms with Crippen molar-refractivity contribution in [1.29, 1.82) is 0 Å². The molecule has 106 valence electrons. The van der Waals surface area contributed by atoms with Crippen molar-refractivity contribution in [1.82, 2.24) is 10.6 Å². The predicted octanol–water partition coefficient (Wildman–Crippen LogP) is -1.33. The molecule has 1 fully saturated rings. The molecule has 0 aliphatic carbocycles. The summed E-state index contributed by atoms with van der Waals surface area (Å²) in [6.07, 6.45) is 1.64. The maximum absolute atomic E-state index is 11.2. The third-order valence-corrected chi connectivity index (χ3v) is 4.61. The molecular formula is C9H19N2O6P. The van der Waals surface area contributed by atoms with Gasteiger partial charge in [0.05, 0.1) is 6.04 Å². The average Bonchev–Trinajstić information content (AvgIpc) is 2.27. The molecule has 1 aliphatic heterocycles. The maximum atomic E-state index is 11.2. The minimum atomic E-state index is -5.19. The van der Waals surface area contributed by atoms with Crippen molar-refractivity contribution < 1.29 is 29.4 Å². The zero-order valence-corrected chi connectivity index (χ0v) is 10.9. The molecule has 0 aromatic heterocycles. The number of aliphatic carboxylic acids is 1. The second kappa shape index (κ2) is 5.64. The highest BCUT2D eigenvalue weighted by molar-refractivity contribution is 7.54. The molecule has 18 heavy (non-hydrogen) atoms. The van der Waals surface area contributed by atoms with Crippen LogP contribution in [-0.4, -0.2) is 56.5 Å². The van der Waals surface area contributed by atoms with Crippen LogP contribution in [0.4, 0.5) is 0 Å². The summed E-state index contributed by atoms with van der Waals surface area (Å²) in [6.45, 7) is 2.68. The van der Waals surface area contributed by atoms with E-state index in [4.69, 9.17) is 14.9 Å². The van der Waals surface area contributed by atoms with E-state index in [0.717, 1.165) is 19.4 Å². The summed E-state index contributed by atoms with van der Waals surface area (Å²) >= 11 is 0. The van der Waals surface area contributed by atoms with Gasteiger partial charge in [0.25, 0.3) is 5.34 Å². The van der Waals surface area contributed by atoms with Gasteiger partial charge in [-0.2, -0.15) is 0 Å². The van der Waals surface area contributed by atoms with Crippen molar-refractivity contribution in [3.05, 3.63) is 0 Å². The summed E-state index contributed by atoms with van der Waals surface area (Å²) in [5.74, 6) is -1.93. The lowest BCUT2D eigenvalue weighted by Gasteiger charge is -2.34. The first-order valence-electron chi connectivity index (χ1n) is 5.67. The van der Waals surface area contributed by atoms with Crippen LogP contribution >= 0.6 is 7.60 Å². The van der Waals surface area contributed by atoms with Gasteiger partial charge >= 0.3 is 13.6 Å². The number of piperidine rings is 1. The van der Waals surface area contributed by atoms with Gasteiger partial charge in [-0.1, -0.05) is 0 Å². The highest BCUT2D eigenvalue weighted by Crippen LogP contribution is 2.50. The fourth-order valence-electron chi connectivity index (χ4n) is 2.03. The summed E-state index contributed by atoms with van der Waals surface area (Å²) in [5, 5.41) is 21.4. The first-order valence-corrected chi connectivity index (χ1v) is 7.29. The van der Waals surface area contributed by atoms with Gasteiger partial charge < -0.3 is 30.6 Å². The Morgan fingerprint density at radius 3 is 2.56 bits per heavy atom. The number of hydrogen-bond acceptors (Lipinski definition) is 5. The molecule has 9 heteroatoms. The van der Waals surface area contributed by atoms with Crippen LogP contribution in [-0.2, 0) is 9.36 Å². The van der Waals surface area contributed by atoms with Crippen molar-refractivity contribution in [2.45, 2.75) is 37.2 Å². The molecule has 0 radical (unpaired) electrons. The molecule has 0 amide bonds. The number of aliphatic hydroxyl groups is 1. The Morgan fingerprint density at radius 1 is 1.56 bits per heavy atom. The van der Waals surface area contributed by atoms with Crippen LogP contribution in [0.5, 0.6) is 0 Å². The highest BCUT2D eigenvalue weighted by Gasteiger charge is 2.57. The molecule has 0 spiro atoms. The third kappa shape index (κ3) is 3.09. The van der Waals surface area contributed by atoms with E-state index < -0.39 is 24.9 Å². The second-order valence-corrected chi connectivity index (χ2v) is 6.28. The molecule has 0 bridgehead atoms. The van der Waals surface area contributed by atoms with Gasteiger partial charge in [-0.3, -0.25) is 4.57 Å². The van der Waals surface area contributed by atoms with E-state index in [1.165, 1.54) is 6.92 Å². The molecule has 0 saturated carbocycles. The smallest absolute Gasteiger partial charge is 0.370 e. The lowest BCUT2D eigenvalue weighted by molar-refractivity contribution is -0.153. The highest BCUT2D eigenvalue weighted by atomic mass is 31.2. The number of hydrogen-bond donors (Lipinski definition) is 6. The van der Waals surface area contributed by atoms with Gasteiger partial charge in [-0.15, -0.1) is 0 Å². The molecule has 1 aliphatic rings. The number of carboxylic acid groups (broad SMARTS) is 1. The zero-order valence-electron chi connectivity index (χ0n) is 10.0. The van der Waals surface area contributed by atoms with Gasteiger partial charge in [0.1, 0.15) is 0 Å². The summed E-state index contributed by atoms with van der Waals surface area (Å²) in [4.78, 5) is 29.0. The minimum absolute atomic E-state index is 0.119. The van der Waals surface area contributed by atoms with Crippen molar-refractivity contribution in [2.24, 2.45) is 0 Å². The van der Waals surface area contributed by atoms with Crippen LogP contribution in [0.25, 0.3) is 0 Å².